The largest absolute Gasteiger partial charge is 0.494 e. The molecule has 0 fully saturated rings. The van der Waals surface area contributed by atoms with Gasteiger partial charge in [0.05, 0.1) is 6.61 Å². The van der Waals surface area contributed by atoms with Gasteiger partial charge in [-0.1, -0.05) is 67.1 Å². The van der Waals surface area contributed by atoms with E-state index in [1.807, 2.05) is 48.5 Å². The van der Waals surface area contributed by atoms with Crippen LogP contribution in [0.4, 0.5) is 0 Å². The number of esters is 1. The first-order valence-corrected chi connectivity index (χ1v) is 11.0. The van der Waals surface area contributed by atoms with E-state index in [2.05, 4.69) is 27.8 Å². The average molecular weight is 456 g/mol. The SMILES string of the molecule is CCCCCCCCOc1ccc(/C=C2\N=C(c3ccc(Br)cc3)OC2=O)cc1. The molecule has 1 aliphatic rings. The lowest BCUT2D eigenvalue weighted by Gasteiger charge is -2.06. The molecule has 152 valence electrons. The minimum atomic E-state index is -0.439. The zero-order chi connectivity index (χ0) is 20.5. The molecule has 0 atom stereocenters. The van der Waals surface area contributed by atoms with E-state index in [4.69, 9.17) is 9.47 Å². The van der Waals surface area contributed by atoms with Crippen LogP contribution in [0.15, 0.2) is 63.7 Å². The third-order valence-electron chi connectivity index (χ3n) is 4.66. The van der Waals surface area contributed by atoms with Crippen LogP contribution in [0.3, 0.4) is 0 Å². The molecule has 0 radical (unpaired) electrons. The van der Waals surface area contributed by atoms with Crippen LogP contribution >= 0.6 is 15.9 Å². The van der Waals surface area contributed by atoms with E-state index in [-0.39, 0.29) is 0 Å². The standard InChI is InChI=1S/C24H26BrNO3/c1-2-3-4-5-6-7-16-28-21-14-8-18(9-15-21)17-22-24(27)29-23(26-22)19-10-12-20(25)13-11-19/h8-15,17H,2-7,16H2,1H3/b22-17-. The molecule has 2 aromatic carbocycles. The van der Waals surface area contributed by atoms with Gasteiger partial charge in [0.1, 0.15) is 5.75 Å². The number of carbonyl (C=O) groups excluding carboxylic acids is 1. The maximum Gasteiger partial charge on any atom is 0.363 e. The van der Waals surface area contributed by atoms with Crippen LogP contribution < -0.4 is 4.74 Å². The molecule has 0 aliphatic carbocycles. The van der Waals surface area contributed by atoms with Gasteiger partial charge in [-0.2, -0.15) is 0 Å². The second-order valence-corrected chi connectivity index (χ2v) is 7.94. The first kappa shape index (κ1) is 21.3. The third kappa shape index (κ3) is 6.57. The Morgan fingerprint density at radius 3 is 2.38 bits per heavy atom. The van der Waals surface area contributed by atoms with Gasteiger partial charge in [0.15, 0.2) is 5.70 Å². The molecule has 0 unspecified atom stereocenters. The Kier molecular flexibility index (Phi) is 8.05. The number of nitrogens with zero attached hydrogens (tertiary/aromatic N) is 1. The summed E-state index contributed by atoms with van der Waals surface area (Å²) in [5.41, 5.74) is 1.94. The fraction of sp³-hybridized carbons (Fsp3) is 0.333. The van der Waals surface area contributed by atoms with E-state index in [1.165, 1.54) is 32.1 Å². The predicted octanol–water partition coefficient (Wildman–Crippen LogP) is 6.53. The topological polar surface area (TPSA) is 47.9 Å². The highest BCUT2D eigenvalue weighted by Gasteiger charge is 2.24. The molecule has 0 amide bonds. The van der Waals surface area contributed by atoms with E-state index < -0.39 is 5.97 Å². The fourth-order valence-corrected chi connectivity index (χ4v) is 3.28. The molecule has 5 heteroatoms. The highest BCUT2D eigenvalue weighted by molar-refractivity contribution is 9.10. The second-order valence-electron chi connectivity index (χ2n) is 7.03. The molecular formula is C24H26BrNO3. The molecule has 0 saturated carbocycles. The highest BCUT2D eigenvalue weighted by atomic mass is 79.9. The maximum absolute atomic E-state index is 12.1. The van der Waals surface area contributed by atoms with E-state index >= 15 is 0 Å². The van der Waals surface area contributed by atoms with Crippen molar-refractivity contribution in [3.05, 3.63) is 69.8 Å². The summed E-state index contributed by atoms with van der Waals surface area (Å²) in [6.45, 7) is 2.96. The van der Waals surface area contributed by atoms with E-state index in [1.54, 1.807) is 6.08 Å². The number of rotatable bonds is 10. The Morgan fingerprint density at radius 2 is 1.66 bits per heavy atom. The zero-order valence-corrected chi connectivity index (χ0v) is 18.3. The van der Waals surface area contributed by atoms with Crippen LogP contribution in [0, 0.1) is 0 Å². The van der Waals surface area contributed by atoms with Crippen molar-refractivity contribution < 1.29 is 14.3 Å². The van der Waals surface area contributed by atoms with Gasteiger partial charge in [0.2, 0.25) is 5.90 Å². The number of benzene rings is 2. The van der Waals surface area contributed by atoms with Gasteiger partial charge in [0.25, 0.3) is 0 Å². The van der Waals surface area contributed by atoms with E-state index in [9.17, 15) is 4.79 Å². The molecule has 3 rings (SSSR count). The second kappa shape index (κ2) is 11.0. The number of hydrogen-bond acceptors (Lipinski definition) is 4. The lowest BCUT2D eigenvalue weighted by atomic mass is 10.1. The van der Waals surface area contributed by atoms with Gasteiger partial charge in [-0.05, 0) is 54.5 Å². The fourth-order valence-electron chi connectivity index (χ4n) is 3.02. The summed E-state index contributed by atoms with van der Waals surface area (Å²) in [5, 5.41) is 0. The number of aliphatic imine (C=N–C) groups is 1. The molecule has 1 aliphatic heterocycles. The quantitative estimate of drug-likeness (QED) is 0.232. The van der Waals surface area contributed by atoms with Gasteiger partial charge < -0.3 is 9.47 Å². The highest BCUT2D eigenvalue weighted by Crippen LogP contribution is 2.21. The molecule has 0 N–H and O–H groups in total. The molecular weight excluding hydrogens is 430 g/mol. The Hall–Kier alpha value is -2.40. The number of hydrogen-bond donors (Lipinski definition) is 0. The minimum Gasteiger partial charge on any atom is -0.494 e. The molecule has 0 aromatic heterocycles. The van der Waals surface area contributed by atoms with Gasteiger partial charge in [0, 0.05) is 10.0 Å². The molecule has 0 saturated heterocycles. The molecule has 1 heterocycles. The van der Waals surface area contributed by atoms with Crippen molar-refractivity contribution in [1.29, 1.82) is 0 Å². The summed E-state index contributed by atoms with van der Waals surface area (Å²) < 4.78 is 12.1. The van der Waals surface area contributed by atoms with Crippen LogP contribution in [0.2, 0.25) is 0 Å². The Balaban J connectivity index is 1.53. The lowest BCUT2D eigenvalue weighted by molar-refractivity contribution is -0.129. The summed E-state index contributed by atoms with van der Waals surface area (Å²) in [4.78, 5) is 16.5. The summed E-state index contributed by atoms with van der Waals surface area (Å²) >= 11 is 3.39. The van der Waals surface area contributed by atoms with Crippen molar-refractivity contribution >= 4 is 33.9 Å². The van der Waals surface area contributed by atoms with Crippen molar-refractivity contribution in [1.82, 2.24) is 0 Å². The first-order valence-electron chi connectivity index (χ1n) is 10.2. The third-order valence-corrected chi connectivity index (χ3v) is 5.19. The van der Waals surface area contributed by atoms with Gasteiger partial charge >= 0.3 is 5.97 Å². The Labute approximate surface area is 180 Å². The van der Waals surface area contributed by atoms with Crippen LogP contribution in [0.1, 0.15) is 56.6 Å². The number of ether oxygens (including phenoxy) is 2. The number of halogens is 1. The molecule has 29 heavy (non-hydrogen) atoms. The minimum absolute atomic E-state index is 0.295. The Morgan fingerprint density at radius 1 is 0.966 bits per heavy atom. The van der Waals surface area contributed by atoms with Crippen molar-refractivity contribution in [3.8, 4) is 5.75 Å². The van der Waals surface area contributed by atoms with Crippen LogP contribution in [-0.4, -0.2) is 18.5 Å². The van der Waals surface area contributed by atoms with Gasteiger partial charge in [-0.25, -0.2) is 9.79 Å². The lowest BCUT2D eigenvalue weighted by Crippen LogP contribution is -2.05. The van der Waals surface area contributed by atoms with Crippen molar-refractivity contribution in [2.24, 2.45) is 4.99 Å². The number of cyclic esters (lactones) is 1. The number of carbonyl (C=O) groups is 1. The van der Waals surface area contributed by atoms with Crippen molar-refractivity contribution in [2.75, 3.05) is 6.61 Å². The molecule has 0 bridgehead atoms. The summed E-state index contributed by atoms with van der Waals surface area (Å²) in [7, 11) is 0. The summed E-state index contributed by atoms with van der Waals surface area (Å²) in [6.07, 6.45) is 9.20. The smallest absolute Gasteiger partial charge is 0.363 e. The maximum atomic E-state index is 12.1. The van der Waals surface area contributed by atoms with E-state index in [0.29, 0.717) is 11.6 Å². The monoisotopic (exact) mass is 455 g/mol. The normalized spacial score (nSPS) is 14.8. The van der Waals surface area contributed by atoms with Crippen LogP contribution in [0.25, 0.3) is 6.08 Å². The van der Waals surface area contributed by atoms with Crippen LogP contribution in [0.5, 0.6) is 5.75 Å². The van der Waals surface area contributed by atoms with Gasteiger partial charge in [-0.15, -0.1) is 0 Å². The number of unbranched alkanes of at least 4 members (excludes halogenated alkanes) is 5. The summed E-state index contributed by atoms with van der Waals surface area (Å²) in [5.74, 6) is 0.729. The first-order chi connectivity index (χ1) is 14.2. The Bertz CT molecular complexity index is 870. The predicted molar refractivity (Wildman–Crippen MR) is 120 cm³/mol. The van der Waals surface area contributed by atoms with Crippen LogP contribution in [-0.2, 0) is 9.53 Å². The molecule has 2 aromatic rings. The van der Waals surface area contributed by atoms with Crippen molar-refractivity contribution in [2.45, 2.75) is 45.4 Å². The van der Waals surface area contributed by atoms with Crippen molar-refractivity contribution in [3.63, 3.8) is 0 Å². The summed E-state index contributed by atoms with van der Waals surface area (Å²) in [6, 6.07) is 15.2. The molecule has 4 nitrogen and oxygen atoms in total. The van der Waals surface area contributed by atoms with Gasteiger partial charge in [-0.3, -0.25) is 0 Å². The average Bonchev–Trinajstić information content (AvgIpc) is 3.09. The van der Waals surface area contributed by atoms with E-state index in [0.717, 1.165) is 34.4 Å². The molecule has 0 spiro atoms. The zero-order valence-electron chi connectivity index (χ0n) is 16.7.